The van der Waals surface area contributed by atoms with Crippen LogP contribution in [0.3, 0.4) is 0 Å². The van der Waals surface area contributed by atoms with Crippen molar-refractivity contribution < 1.29 is 18.3 Å². The van der Waals surface area contributed by atoms with Gasteiger partial charge in [0.05, 0.1) is 6.04 Å². The van der Waals surface area contributed by atoms with E-state index in [4.69, 9.17) is 4.74 Å². The van der Waals surface area contributed by atoms with Crippen molar-refractivity contribution >= 4 is 6.09 Å². The van der Waals surface area contributed by atoms with Crippen molar-refractivity contribution in [1.29, 1.82) is 0 Å². The number of carbonyl (C=O) groups excluding carboxylic acids is 1. The average molecular weight is 398 g/mol. The van der Waals surface area contributed by atoms with Crippen LogP contribution >= 0.6 is 0 Å². The number of fused-ring (bicyclic) bond motifs is 4. The van der Waals surface area contributed by atoms with Crippen molar-refractivity contribution in [2.45, 2.75) is 37.1 Å². The Morgan fingerprint density at radius 1 is 1.03 bits per heavy atom. The van der Waals surface area contributed by atoms with Crippen LogP contribution in [0.15, 0.2) is 48.5 Å². The van der Waals surface area contributed by atoms with Gasteiger partial charge in [-0.25, -0.2) is 13.6 Å². The summed E-state index contributed by atoms with van der Waals surface area (Å²) in [6.45, 7) is 2.38. The fourth-order valence-electron chi connectivity index (χ4n) is 4.93. The molecule has 4 heterocycles. The van der Waals surface area contributed by atoms with Gasteiger partial charge in [-0.2, -0.15) is 0 Å². The second-order valence-corrected chi connectivity index (χ2v) is 8.30. The number of alkyl halides is 1. The van der Waals surface area contributed by atoms with Gasteiger partial charge in [-0.15, -0.1) is 0 Å². The minimum absolute atomic E-state index is 0.321. The molecule has 152 valence electrons. The van der Waals surface area contributed by atoms with Crippen molar-refractivity contribution in [3.63, 3.8) is 0 Å². The molecule has 2 atom stereocenters. The molecule has 4 aliphatic rings. The molecule has 0 N–H and O–H groups in total. The van der Waals surface area contributed by atoms with Crippen LogP contribution in [0, 0.1) is 5.82 Å². The van der Waals surface area contributed by atoms with Crippen LogP contribution in [0.25, 0.3) is 0 Å². The van der Waals surface area contributed by atoms with Crippen molar-refractivity contribution in [2.75, 3.05) is 26.2 Å². The SMILES string of the molecule is O=C(OC1CN2CCC1(F)CC2)N1CCc2ccccc2[C@H]1c1ccc(F)cc1. The van der Waals surface area contributed by atoms with Gasteiger partial charge in [-0.1, -0.05) is 36.4 Å². The minimum atomic E-state index is -1.43. The molecule has 6 heteroatoms. The lowest BCUT2D eigenvalue weighted by atomic mass is 9.82. The first-order chi connectivity index (χ1) is 14.0. The smallest absolute Gasteiger partial charge is 0.410 e. The topological polar surface area (TPSA) is 32.8 Å². The summed E-state index contributed by atoms with van der Waals surface area (Å²) < 4.78 is 34.5. The Morgan fingerprint density at radius 3 is 2.48 bits per heavy atom. The lowest BCUT2D eigenvalue weighted by molar-refractivity contribution is -0.118. The largest absolute Gasteiger partial charge is 0.441 e. The number of hydrogen-bond acceptors (Lipinski definition) is 3. The standard InChI is InChI=1S/C23H24F2N2O2/c24-18-7-5-17(6-8-18)21-19-4-2-1-3-16(19)9-12-27(21)22(28)29-20-15-26-13-10-23(20,25)11-14-26/h1-8,20-21H,9-15H2/t20?,21-/m1/s1. The highest BCUT2D eigenvalue weighted by molar-refractivity contribution is 5.70. The highest BCUT2D eigenvalue weighted by Gasteiger charge is 2.50. The van der Waals surface area contributed by atoms with Gasteiger partial charge in [0, 0.05) is 26.2 Å². The van der Waals surface area contributed by atoms with E-state index in [0.29, 0.717) is 32.4 Å². The highest BCUT2D eigenvalue weighted by Crippen LogP contribution is 2.39. The first kappa shape index (κ1) is 18.6. The summed E-state index contributed by atoms with van der Waals surface area (Å²) in [6.07, 6.45) is 0.304. The molecule has 0 aromatic heterocycles. The third-order valence-electron chi connectivity index (χ3n) is 6.64. The number of ether oxygens (including phenoxy) is 1. The zero-order chi connectivity index (χ0) is 20.0. The third kappa shape index (κ3) is 3.29. The Balaban J connectivity index is 1.45. The van der Waals surface area contributed by atoms with Gasteiger partial charge in [0.2, 0.25) is 0 Å². The first-order valence-corrected chi connectivity index (χ1v) is 10.3. The monoisotopic (exact) mass is 398 g/mol. The molecule has 6 rings (SSSR count). The van der Waals surface area contributed by atoms with Crippen molar-refractivity contribution in [1.82, 2.24) is 9.80 Å². The predicted molar refractivity (Wildman–Crippen MR) is 105 cm³/mol. The number of benzene rings is 2. The first-order valence-electron chi connectivity index (χ1n) is 10.3. The van der Waals surface area contributed by atoms with Gasteiger partial charge in [0.25, 0.3) is 0 Å². The summed E-state index contributed by atoms with van der Waals surface area (Å²) in [7, 11) is 0. The molecule has 2 aromatic carbocycles. The van der Waals surface area contributed by atoms with Gasteiger partial charge in [0.1, 0.15) is 5.82 Å². The van der Waals surface area contributed by atoms with Gasteiger partial charge >= 0.3 is 6.09 Å². The Morgan fingerprint density at radius 2 is 1.76 bits per heavy atom. The molecule has 0 aliphatic carbocycles. The van der Waals surface area contributed by atoms with Crippen LogP contribution in [-0.4, -0.2) is 53.8 Å². The van der Waals surface area contributed by atoms with Crippen LogP contribution in [0.4, 0.5) is 13.6 Å². The molecule has 2 aromatic rings. The molecular formula is C23H24F2N2O2. The maximum atomic E-state index is 15.3. The van der Waals surface area contributed by atoms with Crippen LogP contribution in [-0.2, 0) is 11.2 Å². The van der Waals surface area contributed by atoms with E-state index in [0.717, 1.165) is 29.8 Å². The molecule has 3 fully saturated rings. The fourth-order valence-corrected chi connectivity index (χ4v) is 4.93. The second-order valence-electron chi connectivity index (χ2n) is 8.30. The Bertz CT molecular complexity index is 909. The summed E-state index contributed by atoms with van der Waals surface area (Å²) in [5, 5.41) is 0. The van der Waals surface area contributed by atoms with E-state index >= 15 is 4.39 Å². The average Bonchev–Trinajstić information content (AvgIpc) is 2.74. The Labute approximate surface area is 169 Å². The summed E-state index contributed by atoms with van der Waals surface area (Å²) in [4.78, 5) is 17.0. The molecule has 0 spiro atoms. The lowest BCUT2D eigenvalue weighted by Gasteiger charge is -2.48. The Kier molecular flexibility index (Phi) is 4.54. The van der Waals surface area contributed by atoms with E-state index in [-0.39, 0.29) is 11.9 Å². The van der Waals surface area contributed by atoms with Crippen molar-refractivity contribution in [3.8, 4) is 0 Å². The summed E-state index contributed by atoms with van der Waals surface area (Å²) in [5.41, 5.74) is 1.56. The van der Waals surface area contributed by atoms with E-state index in [9.17, 15) is 9.18 Å². The van der Waals surface area contributed by atoms with Crippen LogP contribution < -0.4 is 0 Å². The zero-order valence-electron chi connectivity index (χ0n) is 16.2. The zero-order valence-corrected chi connectivity index (χ0v) is 16.2. The van der Waals surface area contributed by atoms with Gasteiger partial charge < -0.3 is 4.74 Å². The molecule has 0 radical (unpaired) electrons. The van der Waals surface area contributed by atoms with Gasteiger partial charge in [-0.05, 0) is 48.1 Å². The normalized spacial score (nSPS) is 30.7. The molecule has 3 saturated heterocycles. The molecule has 1 unspecified atom stereocenters. The minimum Gasteiger partial charge on any atom is -0.441 e. The summed E-state index contributed by atoms with van der Waals surface area (Å²) >= 11 is 0. The molecule has 29 heavy (non-hydrogen) atoms. The van der Waals surface area contributed by atoms with Crippen LogP contribution in [0.5, 0.6) is 0 Å². The number of amides is 1. The molecular weight excluding hydrogens is 374 g/mol. The van der Waals surface area contributed by atoms with Gasteiger partial charge in [-0.3, -0.25) is 9.80 Å². The molecule has 4 nitrogen and oxygen atoms in total. The number of rotatable bonds is 2. The number of piperidine rings is 3. The van der Waals surface area contributed by atoms with Crippen molar-refractivity contribution in [3.05, 3.63) is 71.0 Å². The molecule has 2 bridgehead atoms. The number of halogens is 2. The quantitative estimate of drug-likeness (QED) is 0.764. The number of hydrogen-bond donors (Lipinski definition) is 0. The molecule has 4 aliphatic heterocycles. The maximum Gasteiger partial charge on any atom is 0.410 e. The van der Waals surface area contributed by atoms with Crippen LogP contribution in [0.1, 0.15) is 35.6 Å². The summed E-state index contributed by atoms with van der Waals surface area (Å²) in [6, 6.07) is 13.8. The molecule has 0 saturated carbocycles. The molecule has 1 amide bonds. The maximum absolute atomic E-state index is 15.3. The lowest BCUT2D eigenvalue weighted by Crippen LogP contribution is -2.61. The third-order valence-corrected chi connectivity index (χ3v) is 6.64. The van der Waals surface area contributed by atoms with E-state index in [1.165, 1.54) is 12.1 Å². The van der Waals surface area contributed by atoms with E-state index in [2.05, 4.69) is 11.0 Å². The van der Waals surface area contributed by atoms with Gasteiger partial charge in [0.15, 0.2) is 11.8 Å². The van der Waals surface area contributed by atoms with E-state index in [1.807, 2.05) is 18.2 Å². The van der Waals surface area contributed by atoms with E-state index < -0.39 is 17.9 Å². The second kappa shape index (κ2) is 7.10. The van der Waals surface area contributed by atoms with E-state index in [1.54, 1.807) is 17.0 Å². The predicted octanol–water partition coefficient (Wildman–Crippen LogP) is 4.10. The number of carbonyl (C=O) groups is 1. The Hall–Kier alpha value is -2.47. The van der Waals surface area contributed by atoms with Crippen molar-refractivity contribution in [2.24, 2.45) is 0 Å². The fraction of sp³-hybridized carbons (Fsp3) is 0.435. The summed E-state index contributed by atoms with van der Waals surface area (Å²) in [5.74, 6) is -0.321. The van der Waals surface area contributed by atoms with Crippen LogP contribution in [0.2, 0.25) is 0 Å². The number of nitrogens with zero attached hydrogens (tertiary/aromatic N) is 2. The highest BCUT2D eigenvalue weighted by atomic mass is 19.1.